The lowest BCUT2D eigenvalue weighted by molar-refractivity contribution is -0.116. The molecule has 0 fully saturated rings. The molecule has 1 amide bonds. The van der Waals surface area contributed by atoms with Gasteiger partial charge in [0.25, 0.3) is 5.56 Å². The molecule has 0 atom stereocenters. The lowest BCUT2D eigenvalue weighted by Gasteiger charge is -2.12. The second kappa shape index (κ2) is 6.85. The third-order valence-electron chi connectivity index (χ3n) is 4.68. The van der Waals surface area contributed by atoms with Crippen LogP contribution in [0.4, 0.5) is 5.69 Å². The summed E-state index contributed by atoms with van der Waals surface area (Å²) in [6.45, 7) is 1.71. The third-order valence-corrected chi connectivity index (χ3v) is 6.10. The zero-order valence-electron chi connectivity index (χ0n) is 14.3. The van der Waals surface area contributed by atoms with E-state index in [4.69, 9.17) is 11.6 Å². The van der Waals surface area contributed by atoms with Gasteiger partial charge in [0.2, 0.25) is 5.91 Å². The van der Waals surface area contributed by atoms with Crippen LogP contribution >= 0.6 is 22.9 Å². The first kappa shape index (κ1) is 17.2. The van der Waals surface area contributed by atoms with E-state index in [-0.39, 0.29) is 18.0 Å². The molecule has 0 bridgehead atoms. The van der Waals surface area contributed by atoms with Gasteiger partial charge in [-0.05, 0) is 56.4 Å². The summed E-state index contributed by atoms with van der Waals surface area (Å²) in [6, 6.07) is 6.94. The second-order valence-corrected chi connectivity index (χ2v) is 8.02. The lowest BCUT2D eigenvalue weighted by atomic mass is 9.97. The minimum atomic E-state index is -0.275. The molecule has 2 aromatic heterocycles. The molecule has 0 saturated heterocycles. The zero-order chi connectivity index (χ0) is 18.3. The molecule has 0 radical (unpaired) electrons. The Hall–Kier alpha value is -2.18. The second-order valence-electron chi connectivity index (χ2n) is 6.50. The van der Waals surface area contributed by atoms with Gasteiger partial charge in [0, 0.05) is 15.6 Å². The van der Waals surface area contributed by atoms with Crippen LogP contribution in [-0.2, 0) is 24.2 Å². The summed E-state index contributed by atoms with van der Waals surface area (Å²) >= 11 is 7.56. The topological polar surface area (TPSA) is 64.0 Å². The van der Waals surface area contributed by atoms with Crippen molar-refractivity contribution in [1.29, 1.82) is 0 Å². The number of rotatable bonds is 3. The van der Waals surface area contributed by atoms with E-state index in [2.05, 4.69) is 10.3 Å². The van der Waals surface area contributed by atoms with Gasteiger partial charge in [-0.3, -0.25) is 14.2 Å². The molecule has 3 aromatic rings. The van der Waals surface area contributed by atoms with Crippen molar-refractivity contribution in [1.82, 2.24) is 9.55 Å². The predicted octanol–water partition coefficient (Wildman–Crippen LogP) is 3.94. The van der Waals surface area contributed by atoms with Crippen LogP contribution in [0.1, 0.15) is 29.1 Å². The summed E-state index contributed by atoms with van der Waals surface area (Å²) in [4.78, 5) is 32.1. The highest BCUT2D eigenvalue weighted by atomic mass is 35.5. The third kappa shape index (κ3) is 3.15. The van der Waals surface area contributed by atoms with Gasteiger partial charge in [-0.1, -0.05) is 17.7 Å². The normalized spacial score (nSPS) is 13.6. The van der Waals surface area contributed by atoms with Gasteiger partial charge >= 0.3 is 0 Å². The summed E-state index contributed by atoms with van der Waals surface area (Å²) in [7, 11) is 0. The van der Waals surface area contributed by atoms with E-state index in [1.807, 2.05) is 0 Å². The molecule has 4 rings (SSSR count). The van der Waals surface area contributed by atoms with E-state index in [0.717, 1.165) is 36.1 Å². The molecule has 0 unspecified atom stereocenters. The van der Waals surface area contributed by atoms with Gasteiger partial charge in [-0.25, -0.2) is 4.98 Å². The van der Waals surface area contributed by atoms with Crippen LogP contribution in [0.15, 0.2) is 29.1 Å². The van der Waals surface area contributed by atoms with Gasteiger partial charge in [-0.15, -0.1) is 11.3 Å². The van der Waals surface area contributed by atoms with Crippen molar-refractivity contribution in [3.05, 3.63) is 55.9 Å². The standard InChI is InChI=1S/C19H18ClN3O2S/c1-11-21-18-17(14-7-2-3-8-15(14)26-18)19(25)23(11)10-16(24)22-13-6-4-5-12(20)9-13/h4-6,9H,2-3,7-8,10H2,1H3,(H,22,24). The molecule has 7 heteroatoms. The zero-order valence-corrected chi connectivity index (χ0v) is 15.9. The molecule has 0 spiro atoms. The van der Waals surface area contributed by atoms with Gasteiger partial charge in [0.15, 0.2) is 0 Å². The summed E-state index contributed by atoms with van der Waals surface area (Å²) in [5.74, 6) is 0.282. The predicted molar refractivity (Wildman–Crippen MR) is 105 cm³/mol. The summed E-state index contributed by atoms with van der Waals surface area (Å²) in [5, 5.41) is 4.03. The molecule has 26 heavy (non-hydrogen) atoms. The van der Waals surface area contributed by atoms with Gasteiger partial charge in [0.1, 0.15) is 17.2 Å². The van der Waals surface area contributed by atoms with E-state index in [1.54, 1.807) is 42.5 Å². The number of aromatic nitrogens is 2. The van der Waals surface area contributed by atoms with Crippen LogP contribution in [0, 0.1) is 6.92 Å². The Morgan fingerprint density at radius 2 is 2.15 bits per heavy atom. The molecule has 5 nitrogen and oxygen atoms in total. The van der Waals surface area contributed by atoms with Crippen molar-refractivity contribution < 1.29 is 4.79 Å². The Bertz CT molecular complexity index is 1070. The van der Waals surface area contributed by atoms with Crippen LogP contribution in [0.5, 0.6) is 0 Å². The monoisotopic (exact) mass is 387 g/mol. The van der Waals surface area contributed by atoms with Crippen LogP contribution in [-0.4, -0.2) is 15.5 Å². The van der Waals surface area contributed by atoms with Crippen molar-refractivity contribution in [3.63, 3.8) is 0 Å². The first-order valence-corrected chi connectivity index (χ1v) is 9.79. The summed E-state index contributed by atoms with van der Waals surface area (Å²) in [5.41, 5.74) is 1.63. The highest BCUT2D eigenvalue weighted by molar-refractivity contribution is 7.18. The van der Waals surface area contributed by atoms with E-state index < -0.39 is 0 Å². The number of carbonyl (C=O) groups is 1. The summed E-state index contributed by atoms with van der Waals surface area (Å²) < 4.78 is 1.46. The number of aryl methyl sites for hydroxylation is 3. The Morgan fingerprint density at radius 3 is 2.96 bits per heavy atom. The number of fused-ring (bicyclic) bond motifs is 3. The fraction of sp³-hybridized carbons (Fsp3) is 0.316. The molecular formula is C19H18ClN3O2S. The average molecular weight is 388 g/mol. The fourth-order valence-corrected chi connectivity index (χ4v) is 4.92. The number of benzene rings is 1. The molecule has 134 valence electrons. The van der Waals surface area contributed by atoms with Gasteiger partial charge in [-0.2, -0.15) is 0 Å². The first-order chi connectivity index (χ1) is 12.5. The van der Waals surface area contributed by atoms with Gasteiger partial charge in [0.05, 0.1) is 5.39 Å². The van der Waals surface area contributed by atoms with Crippen LogP contribution in [0.25, 0.3) is 10.2 Å². The highest BCUT2D eigenvalue weighted by Gasteiger charge is 2.21. The maximum Gasteiger partial charge on any atom is 0.263 e. The van der Waals surface area contributed by atoms with E-state index in [1.165, 1.54) is 9.44 Å². The number of nitrogens with one attached hydrogen (secondary N) is 1. The minimum Gasteiger partial charge on any atom is -0.324 e. The van der Waals surface area contributed by atoms with Crippen molar-refractivity contribution in [2.45, 2.75) is 39.2 Å². The molecule has 1 N–H and O–H groups in total. The van der Waals surface area contributed by atoms with E-state index in [0.29, 0.717) is 21.9 Å². The molecule has 1 aliphatic rings. The van der Waals surface area contributed by atoms with Crippen molar-refractivity contribution in [2.24, 2.45) is 0 Å². The number of thiophene rings is 1. The summed E-state index contributed by atoms with van der Waals surface area (Å²) in [6.07, 6.45) is 4.20. The molecule has 1 aromatic carbocycles. The van der Waals surface area contributed by atoms with Gasteiger partial charge < -0.3 is 5.32 Å². The minimum absolute atomic E-state index is 0.0647. The van der Waals surface area contributed by atoms with Crippen LogP contribution in [0.2, 0.25) is 5.02 Å². The number of carbonyl (C=O) groups excluding carboxylic acids is 1. The number of halogens is 1. The van der Waals surface area contributed by atoms with Crippen molar-refractivity contribution >= 4 is 44.7 Å². The average Bonchev–Trinajstić information content (AvgIpc) is 2.96. The number of hydrogen-bond acceptors (Lipinski definition) is 4. The fourth-order valence-electron chi connectivity index (χ4n) is 3.44. The highest BCUT2D eigenvalue weighted by Crippen LogP contribution is 2.33. The Labute approximate surface area is 159 Å². The smallest absolute Gasteiger partial charge is 0.263 e. The Balaban J connectivity index is 1.68. The quantitative estimate of drug-likeness (QED) is 0.740. The maximum atomic E-state index is 13.1. The first-order valence-electron chi connectivity index (χ1n) is 8.60. The molecule has 0 saturated carbocycles. The van der Waals surface area contributed by atoms with Crippen molar-refractivity contribution in [3.8, 4) is 0 Å². The van der Waals surface area contributed by atoms with Crippen LogP contribution in [0.3, 0.4) is 0 Å². The molecule has 0 aliphatic heterocycles. The molecular weight excluding hydrogens is 370 g/mol. The maximum absolute atomic E-state index is 13.1. The van der Waals surface area contributed by atoms with E-state index in [9.17, 15) is 9.59 Å². The number of amides is 1. The lowest BCUT2D eigenvalue weighted by Crippen LogP contribution is -2.30. The van der Waals surface area contributed by atoms with Crippen LogP contribution < -0.4 is 10.9 Å². The molecule has 2 heterocycles. The number of hydrogen-bond donors (Lipinski definition) is 1. The molecule has 1 aliphatic carbocycles. The largest absolute Gasteiger partial charge is 0.324 e. The number of nitrogens with zero attached hydrogens (tertiary/aromatic N) is 2. The van der Waals surface area contributed by atoms with E-state index >= 15 is 0 Å². The number of anilines is 1. The Morgan fingerprint density at radius 1 is 1.35 bits per heavy atom. The van der Waals surface area contributed by atoms with Crippen molar-refractivity contribution in [2.75, 3.05) is 5.32 Å². The SMILES string of the molecule is Cc1nc2sc3c(c2c(=O)n1CC(=O)Nc1cccc(Cl)c1)CCCC3. The Kier molecular flexibility index (Phi) is 4.54.